The average molecular weight is 279 g/mol. The Morgan fingerprint density at radius 1 is 1.21 bits per heavy atom. The largest absolute Gasteiger partial charge is 0.372 e. The summed E-state index contributed by atoms with van der Waals surface area (Å²) in [6, 6.07) is 3.61. The van der Waals surface area contributed by atoms with E-state index in [1.54, 1.807) is 12.4 Å². The van der Waals surface area contributed by atoms with E-state index in [9.17, 15) is 0 Å². The number of morpholine rings is 1. The van der Waals surface area contributed by atoms with Crippen LogP contribution in [0.5, 0.6) is 0 Å². The molecule has 0 spiro atoms. The summed E-state index contributed by atoms with van der Waals surface area (Å²) in [5, 5.41) is 0.456. The summed E-state index contributed by atoms with van der Waals surface area (Å²) in [7, 11) is 0. The second-order valence-electron chi connectivity index (χ2n) is 4.86. The molecule has 19 heavy (non-hydrogen) atoms. The summed E-state index contributed by atoms with van der Waals surface area (Å²) in [6.45, 7) is 5.72. The first kappa shape index (κ1) is 12.6. The normalized spacial score (nSPS) is 23.8. The minimum atomic E-state index is 0.174. The van der Waals surface area contributed by atoms with Crippen molar-refractivity contribution in [3.8, 4) is 0 Å². The first-order valence-electron chi connectivity index (χ1n) is 6.31. The number of anilines is 1. The van der Waals surface area contributed by atoms with Gasteiger partial charge in [0.1, 0.15) is 17.0 Å². The summed E-state index contributed by atoms with van der Waals surface area (Å²) in [4.78, 5) is 15.1. The van der Waals surface area contributed by atoms with Crippen molar-refractivity contribution in [1.29, 1.82) is 0 Å². The van der Waals surface area contributed by atoms with Crippen LogP contribution in [0, 0.1) is 0 Å². The number of hydrogen-bond acceptors (Lipinski definition) is 5. The van der Waals surface area contributed by atoms with Gasteiger partial charge in [-0.2, -0.15) is 0 Å². The van der Waals surface area contributed by atoms with Crippen molar-refractivity contribution in [1.82, 2.24) is 15.0 Å². The number of nitrogens with zero attached hydrogens (tertiary/aromatic N) is 4. The van der Waals surface area contributed by atoms with Crippen LogP contribution >= 0.6 is 11.6 Å². The van der Waals surface area contributed by atoms with Crippen LogP contribution in [0.3, 0.4) is 0 Å². The average Bonchev–Trinajstić information content (AvgIpc) is 2.36. The topological polar surface area (TPSA) is 51.1 Å². The minimum Gasteiger partial charge on any atom is -0.372 e. The fraction of sp³-hybridized carbons (Fsp3) is 0.462. The second kappa shape index (κ2) is 4.90. The van der Waals surface area contributed by atoms with Crippen molar-refractivity contribution < 1.29 is 4.74 Å². The summed E-state index contributed by atoms with van der Waals surface area (Å²) in [5.41, 5.74) is 1.55. The molecule has 1 aliphatic rings. The molecule has 1 aliphatic heterocycles. The molecule has 3 rings (SSSR count). The van der Waals surface area contributed by atoms with E-state index in [0.717, 1.165) is 29.9 Å². The predicted molar refractivity (Wildman–Crippen MR) is 74.6 cm³/mol. The van der Waals surface area contributed by atoms with Crippen LogP contribution in [0.15, 0.2) is 18.5 Å². The van der Waals surface area contributed by atoms with Gasteiger partial charge in [0.15, 0.2) is 5.82 Å². The number of aromatic nitrogens is 3. The van der Waals surface area contributed by atoms with Crippen LogP contribution in [-0.2, 0) is 4.74 Å². The van der Waals surface area contributed by atoms with Crippen LogP contribution in [0.25, 0.3) is 11.0 Å². The van der Waals surface area contributed by atoms with E-state index in [2.05, 4.69) is 33.7 Å². The maximum absolute atomic E-state index is 5.98. The van der Waals surface area contributed by atoms with Crippen LogP contribution in [0.4, 0.5) is 5.82 Å². The molecule has 100 valence electrons. The van der Waals surface area contributed by atoms with Crippen molar-refractivity contribution in [2.24, 2.45) is 0 Å². The lowest BCUT2D eigenvalue weighted by Gasteiger charge is -2.36. The van der Waals surface area contributed by atoms with E-state index in [1.165, 1.54) is 0 Å². The van der Waals surface area contributed by atoms with Crippen molar-refractivity contribution in [2.75, 3.05) is 18.0 Å². The summed E-state index contributed by atoms with van der Waals surface area (Å²) >= 11 is 5.98. The van der Waals surface area contributed by atoms with E-state index >= 15 is 0 Å². The van der Waals surface area contributed by atoms with Gasteiger partial charge in [0, 0.05) is 13.1 Å². The summed E-state index contributed by atoms with van der Waals surface area (Å²) in [5.74, 6) is 0.828. The molecule has 6 heteroatoms. The minimum absolute atomic E-state index is 0.174. The van der Waals surface area contributed by atoms with Crippen LogP contribution in [-0.4, -0.2) is 40.2 Å². The molecule has 0 unspecified atom stereocenters. The number of ether oxygens (including phenoxy) is 1. The quantitative estimate of drug-likeness (QED) is 0.749. The standard InChI is InChI=1S/C13H15ClN4O/c1-8-5-18(6-9(2)19-8)13-12-10(15-7-16-13)3-4-11(14)17-12/h3-4,7-9H,5-6H2,1-2H3/t8-,9+. The van der Waals surface area contributed by atoms with E-state index in [-0.39, 0.29) is 12.2 Å². The van der Waals surface area contributed by atoms with Gasteiger partial charge in [0.2, 0.25) is 0 Å². The van der Waals surface area contributed by atoms with Crippen molar-refractivity contribution in [3.05, 3.63) is 23.6 Å². The summed E-state index contributed by atoms with van der Waals surface area (Å²) in [6.07, 6.45) is 1.92. The molecule has 2 atom stereocenters. The molecule has 1 saturated heterocycles. The van der Waals surface area contributed by atoms with Gasteiger partial charge in [-0.15, -0.1) is 0 Å². The highest BCUT2D eigenvalue weighted by atomic mass is 35.5. The Morgan fingerprint density at radius 3 is 2.68 bits per heavy atom. The molecule has 0 bridgehead atoms. The number of hydrogen-bond donors (Lipinski definition) is 0. The van der Waals surface area contributed by atoms with E-state index in [4.69, 9.17) is 16.3 Å². The molecule has 0 radical (unpaired) electrons. The number of fused-ring (bicyclic) bond motifs is 1. The van der Waals surface area contributed by atoms with E-state index in [1.807, 2.05) is 6.07 Å². The molecule has 2 aromatic rings. The Bertz CT molecular complexity index is 596. The van der Waals surface area contributed by atoms with E-state index < -0.39 is 0 Å². The molecule has 0 aromatic carbocycles. The van der Waals surface area contributed by atoms with Crippen LogP contribution < -0.4 is 4.90 Å². The van der Waals surface area contributed by atoms with Crippen LogP contribution in [0.2, 0.25) is 5.15 Å². The maximum Gasteiger partial charge on any atom is 0.158 e. The zero-order valence-corrected chi connectivity index (χ0v) is 11.6. The highest BCUT2D eigenvalue weighted by Gasteiger charge is 2.25. The van der Waals surface area contributed by atoms with Gasteiger partial charge >= 0.3 is 0 Å². The Kier molecular flexibility index (Phi) is 3.24. The SMILES string of the molecule is C[C@@H]1CN(c2ncnc3ccc(Cl)nc23)C[C@H](C)O1. The van der Waals surface area contributed by atoms with Gasteiger partial charge in [0.25, 0.3) is 0 Å². The zero-order valence-electron chi connectivity index (χ0n) is 10.9. The highest BCUT2D eigenvalue weighted by molar-refractivity contribution is 6.29. The lowest BCUT2D eigenvalue weighted by Crippen LogP contribution is -2.46. The zero-order chi connectivity index (χ0) is 13.4. The highest BCUT2D eigenvalue weighted by Crippen LogP contribution is 2.25. The molecule has 0 N–H and O–H groups in total. The fourth-order valence-electron chi connectivity index (χ4n) is 2.49. The van der Waals surface area contributed by atoms with Gasteiger partial charge in [-0.1, -0.05) is 11.6 Å². The number of rotatable bonds is 1. The Hall–Kier alpha value is -1.46. The molecule has 1 fully saturated rings. The predicted octanol–water partition coefficient (Wildman–Crippen LogP) is 2.29. The lowest BCUT2D eigenvalue weighted by molar-refractivity contribution is -0.00538. The molecule has 0 aliphatic carbocycles. The van der Waals surface area contributed by atoms with Gasteiger partial charge in [0.05, 0.1) is 17.7 Å². The van der Waals surface area contributed by atoms with Gasteiger partial charge < -0.3 is 9.64 Å². The van der Waals surface area contributed by atoms with E-state index in [0.29, 0.717) is 5.15 Å². The fourth-order valence-corrected chi connectivity index (χ4v) is 2.63. The summed E-state index contributed by atoms with van der Waals surface area (Å²) < 4.78 is 5.74. The molecule has 0 saturated carbocycles. The maximum atomic E-state index is 5.98. The molecular formula is C13H15ClN4O. The molecule has 0 amide bonds. The second-order valence-corrected chi connectivity index (χ2v) is 5.25. The van der Waals surface area contributed by atoms with Crippen molar-refractivity contribution in [2.45, 2.75) is 26.1 Å². The Balaban J connectivity index is 2.06. The van der Waals surface area contributed by atoms with Gasteiger partial charge in [-0.3, -0.25) is 0 Å². The Labute approximate surface area is 116 Å². The Morgan fingerprint density at radius 2 is 1.95 bits per heavy atom. The third-order valence-electron chi connectivity index (χ3n) is 3.15. The first-order valence-corrected chi connectivity index (χ1v) is 6.69. The van der Waals surface area contributed by atoms with Crippen molar-refractivity contribution in [3.63, 3.8) is 0 Å². The van der Waals surface area contributed by atoms with Crippen molar-refractivity contribution >= 4 is 28.5 Å². The monoisotopic (exact) mass is 278 g/mol. The third-order valence-corrected chi connectivity index (χ3v) is 3.36. The number of pyridine rings is 1. The number of halogens is 1. The van der Waals surface area contributed by atoms with Gasteiger partial charge in [-0.25, -0.2) is 15.0 Å². The van der Waals surface area contributed by atoms with Gasteiger partial charge in [-0.05, 0) is 26.0 Å². The third kappa shape index (κ3) is 2.48. The van der Waals surface area contributed by atoms with Crippen LogP contribution in [0.1, 0.15) is 13.8 Å². The molecule has 2 aromatic heterocycles. The smallest absolute Gasteiger partial charge is 0.158 e. The first-order chi connectivity index (χ1) is 9.13. The molecule has 3 heterocycles. The molecular weight excluding hydrogens is 264 g/mol. The molecule has 5 nitrogen and oxygen atoms in total. The lowest BCUT2D eigenvalue weighted by atomic mass is 10.2.